The molecular formula is C55H79N13O13S2. The molecule has 3 aromatic rings. The molecule has 2 aliphatic rings. The average Bonchev–Trinajstić information content (AvgIpc) is 4.37. The van der Waals surface area contributed by atoms with Crippen molar-refractivity contribution in [2.24, 2.45) is 5.92 Å². The molecule has 2 saturated heterocycles. The molecule has 0 spiro atoms. The van der Waals surface area contributed by atoms with E-state index >= 15 is 4.79 Å². The number of aliphatic carboxylic acids is 1. The highest BCUT2D eigenvalue weighted by molar-refractivity contribution is 8.76. The molecule has 2 aliphatic heterocycles. The maximum Gasteiger partial charge on any atom is 0.305 e. The summed E-state index contributed by atoms with van der Waals surface area (Å²) in [5, 5.41) is 56.9. The zero-order valence-electron chi connectivity index (χ0n) is 47.3. The number of carbonyl (C=O) groups is 10. The van der Waals surface area contributed by atoms with Gasteiger partial charge in [0.2, 0.25) is 53.2 Å². The quantitative estimate of drug-likeness (QED) is 0.0371. The predicted octanol–water partition coefficient (Wildman–Crippen LogP) is -1.17. The lowest BCUT2D eigenvalue weighted by Gasteiger charge is -2.32. The summed E-state index contributed by atoms with van der Waals surface area (Å²) < 4.78 is 0. The molecular weight excluding hydrogens is 1110 g/mol. The van der Waals surface area contributed by atoms with Crippen molar-refractivity contribution in [1.29, 1.82) is 0 Å². The Morgan fingerprint density at radius 1 is 0.795 bits per heavy atom. The van der Waals surface area contributed by atoms with Crippen LogP contribution >= 0.6 is 21.6 Å². The monoisotopic (exact) mass is 1190 g/mol. The number of fused-ring (bicyclic) bond motifs is 1. The van der Waals surface area contributed by atoms with E-state index in [1.807, 2.05) is 32.0 Å². The lowest BCUT2D eigenvalue weighted by molar-refractivity contribution is -0.142. The highest BCUT2D eigenvalue weighted by Gasteiger charge is 2.41. The molecule has 0 saturated carbocycles. The number of nitrogens with one attached hydrogen (secondary N) is 10. The van der Waals surface area contributed by atoms with Gasteiger partial charge in [0.1, 0.15) is 42.2 Å². The summed E-state index contributed by atoms with van der Waals surface area (Å²) in [5.41, 5.74) is 1.67. The first-order chi connectivity index (χ1) is 39.5. The lowest BCUT2D eigenvalue weighted by atomic mass is 10.0. The summed E-state index contributed by atoms with van der Waals surface area (Å²) in [4.78, 5) is 146. The van der Waals surface area contributed by atoms with Gasteiger partial charge in [-0.3, -0.25) is 58.2 Å². The topological polar surface area (TPSA) is 375 Å². The first-order valence-electron chi connectivity index (χ1n) is 27.6. The van der Waals surface area contributed by atoms with Gasteiger partial charge in [0, 0.05) is 88.9 Å². The molecule has 28 heteroatoms. The van der Waals surface area contributed by atoms with E-state index in [9.17, 15) is 58.5 Å². The van der Waals surface area contributed by atoms with Crippen molar-refractivity contribution in [3.05, 3.63) is 83.9 Å². The molecule has 2 aromatic carbocycles. The van der Waals surface area contributed by atoms with Crippen molar-refractivity contribution >= 4 is 80.7 Å². The number of amides is 9. The maximum atomic E-state index is 15.0. The van der Waals surface area contributed by atoms with E-state index in [2.05, 4.69) is 57.8 Å². The van der Waals surface area contributed by atoms with Crippen molar-refractivity contribution < 1.29 is 63.3 Å². The van der Waals surface area contributed by atoms with Gasteiger partial charge in [-0.05, 0) is 61.8 Å². The minimum absolute atomic E-state index is 0.0595. The number of carbonyl (C=O) groups excluding carboxylic acids is 9. The molecule has 0 radical (unpaired) electrons. The van der Waals surface area contributed by atoms with E-state index in [0.717, 1.165) is 5.56 Å². The van der Waals surface area contributed by atoms with Crippen molar-refractivity contribution in [2.75, 3.05) is 50.8 Å². The molecule has 0 unspecified atom stereocenters. The van der Waals surface area contributed by atoms with Gasteiger partial charge in [-0.15, -0.1) is 0 Å². The van der Waals surface area contributed by atoms with Gasteiger partial charge in [0.25, 0.3) is 0 Å². The van der Waals surface area contributed by atoms with Gasteiger partial charge >= 0.3 is 5.97 Å². The van der Waals surface area contributed by atoms with Gasteiger partial charge in [-0.25, -0.2) is 4.98 Å². The Hall–Kier alpha value is -7.27. The molecule has 9 amide bonds. The third-order valence-electron chi connectivity index (χ3n) is 13.5. The molecule has 3 heterocycles. The van der Waals surface area contributed by atoms with Gasteiger partial charge in [0.05, 0.1) is 31.4 Å². The minimum Gasteiger partial charge on any atom is -0.508 e. The van der Waals surface area contributed by atoms with Crippen LogP contribution in [0.25, 0.3) is 0 Å². The molecule has 454 valence electrons. The van der Waals surface area contributed by atoms with E-state index in [1.165, 1.54) is 77.1 Å². The molecule has 83 heavy (non-hydrogen) atoms. The summed E-state index contributed by atoms with van der Waals surface area (Å²) in [6, 6.07) is 5.13. The number of benzene rings is 2. The fourth-order valence-electron chi connectivity index (χ4n) is 9.36. The Morgan fingerprint density at radius 2 is 1.42 bits per heavy atom. The number of aromatic nitrogens is 2. The zero-order chi connectivity index (χ0) is 60.6. The van der Waals surface area contributed by atoms with E-state index < -0.39 is 108 Å². The summed E-state index contributed by atoms with van der Waals surface area (Å²) >= 11 is 0. The van der Waals surface area contributed by atoms with Crippen LogP contribution in [0.5, 0.6) is 5.75 Å². The normalized spacial score (nSPS) is 21.5. The summed E-state index contributed by atoms with van der Waals surface area (Å²) in [5.74, 6) is -7.05. The number of imidazole rings is 1. The molecule has 0 bridgehead atoms. The fraction of sp³-hybridized carbons (Fsp3) is 0.545. The van der Waals surface area contributed by atoms with E-state index in [4.69, 9.17) is 0 Å². The van der Waals surface area contributed by atoms with Crippen LogP contribution < -0.4 is 47.9 Å². The number of hydrogen-bond donors (Lipinski definition) is 13. The molecule has 0 aliphatic carbocycles. The number of aromatic hydroxyl groups is 1. The highest BCUT2D eigenvalue weighted by atomic mass is 33.1. The first-order valence-corrected chi connectivity index (χ1v) is 30.1. The molecule has 1 aromatic heterocycles. The van der Waals surface area contributed by atoms with Crippen LogP contribution in [0.4, 0.5) is 0 Å². The Labute approximate surface area is 490 Å². The second-order valence-corrected chi connectivity index (χ2v) is 23.6. The number of hydrogen-bond acceptors (Lipinski definition) is 17. The molecule has 2 fully saturated rings. The van der Waals surface area contributed by atoms with Crippen molar-refractivity contribution in [3.8, 4) is 5.75 Å². The smallest absolute Gasteiger partial charge is 0.305 e. The fourth-order valence-corrected chi connectivity index (χ4v) is 11.8. The SMILES string of the molecule is CC(=O)NCCN(CCNC(C)=O)CC(=O)N[C@@H](Cc1ccccc1)[C@H](O)N[C@@H](Cc1cnc[nH]1)C(=O)N[C@H]1CSSC[C@@H](C)NC(=O)[C@H](CC(C)C)NC(=O)[C@H](CC(=O)O)NC(=O)[C@H](Cc2ccc(O)cc2)NC(=O)[C@@H]2CCCN2C1=O. The van der Waals surface area contributed by atoms with Crippen LogP contribution in [0.3, 0.4) is 0 Å². The number of aliphatic hydroxyl groups excluding tert-OH is 1. The Balaban J connectivity index is 1.46. The number of H-pyrrole nitrogens is 1. The van der Waals surface area contributed by atoms with E-state index in [-0.39, 0.29) is 106 Å². The van der Waals surface area contributed by atoms with Gasteiger partial charge < -0.3 is 67.7 Å². The Morgan fingerprint density at radius 3 is 2.05 bits per heavy atom. The van der Waals surface area contributed by atoms with Crippen LogP contribution in [0.15, 0.2) is 67.1 Å². The number of carboxylic acid groups (broad SMARTS) is 1. The van der Waals surface area contributed by atoms with Crippen molar-refractivity contribution in [2.45, 2.75) is 134 Å². The maximum absolute atomic E-state index is 15.0. The van der Waals surface area contributed by atoms with Gasteiger partial charge in [-0.2, -0.15) is 0 Å². The number of aromatic amines is 1. The number of rotatable bonds is 24. The predicted molar refractivity (Wildman–Crippen MR) is 310 cm³/mol. The third kappa shape index (κ3) is 23.1. The van der Waals surface area contributed by atoms with E-state index in [0.29, 0.717) is 17.7 Å². The van der Waals surface area contributed by atoms with Crippen LogP contribution in [0, 0.1) is 5.92 Å². The number of phenols is 1. The number of carboxylic acids is 1. The average molecular weight is 1190 g/mol. The van der Waals surface area contributed by atoms with Crippen molar-refractivity contribution in [1.82, 2.24) is 67.6 Å². The lowest BCUT2D eigenvalue weighted by Crippen LogP contribution is -2.61. The van der Waals surface area contributed by atoms with Crippen LogP contribution in [0.2, 0.25) is 0 Å². The van der Waals surface area contributed by atoms with Gasteiger partial charge in [0.15, 0.2) is 0 Å². The first kappa shape index (κ1) is 66.5. The molecule has 5 rings (SSSR count). The summed E-state index contributed by atoms with van der Waals surface area (Å²) in [7, 11) is 2.49. The third-order valence-corrected chi connectivity index (χ3v) is 16.1. The number of aliphatic hydroxyl groups is 1. The van der Waals surface area contributed by atoms with E-state index in [1.54, 1.807) is 24.0 Å². The summed E-state index contributed by atoms with van der Waals surface area (Å²) in [6.07, 6.45) is 0.868. The Bertz CT molecular complexity index is 2640. The summed E-state index contributed by atoms with van der Waals surface area (Å²) in [6.45, 7) is 8.96. The molecule has 26 nitrogen and oxygen atoms in total. The molecule has 9 atom stereocenters. The van der Waals surface area contributed by atoms with Crippen LogP contribution in [-0.4, -0.2) is 200 Å². The van der Waals surface area contributed by atoms with Crippen LogP contribution in [-0.2, 0) is 67.2 Å². The number of phenolic OH excluding ortho intramolecular Hbond substituents is 1. The second-order valence-electron chi connectivity index (χ2n) is 21.1. The zero-order valence-corrected chi connectivity index (χ0v) is 48.9. The largest absolute Gasteiger partial charge is 0.508 e. The minimum atomic E-state index is -1.69. The molecule has 13 N–H and O–H groups in total. The Kier molecular flexibility index (Phi) is 27.0. The number of nitrogens with zero attached hydrogens (tertiary/aromatic N) is 3. The van der Waals surface area contributed by atoms with Crippen molar-refractivity contribution in [3.63, 3.8) is 0 Å². The van der Waals surface area contributed by atoms with Gasteiger partial charge in [-0.1, -0.05) is 77.9 Å². The highest BCUT2D eigenvalue weighted by Crippen LogP contribution is 2.26. The standard InChI is InChI=1S/C55H79N13O13S2/c1-32(2)22-40-49(75)60-33(3)29-82-83-30-45(55(81)68-19-9-12-46(68)54(80)65-42(24-37-13-15-39(71)16-14-37)51(77)64-44(26-48(73)74)53(79)62-40)66-52(78)43(25-38-27-56-31-59-38)63-50(76)41(23-36-10-7-6-8-11-36)61-47(72)28-67(20-17-57-34(4)69)21-18-58-35(5)70/h6-8,10-11,13-16,27,31-33,40-46,50,63,71,76H,9,12,17-26,28-30H2,1-5H3,(H,56,59)(H,57,69)(H,58,70)(H,60,75)(H,61,72)(H,62,79)(H,64,77)(H,65,80)(H,66,78)(H,73,74)/t33-,40+,41+,42+,43+,44+,45+,46+,50+/m1/s1. The van der Waals surface area contributed by atoms with Crippen LogP contribution in [0.1, 0.15) is 77.1 Å². The second kappa shape index (κ2) is 33.7.